The highest BCUT2D eigenvalue weighted by atomic mass is 32.2. The molecule has 0 aromatic carbocycles. The zero-order valence-electron chi connectivity index (χ0n) is 8.52. The minimum absolute atomic E-state index is 0.189. The summed E-state index contributed by atoms with van der Waals surface area (Å²) in [7, 11) is 0. The molecule has 3 rings (SSSR count). The molecule has 3 fully saturated rings. The van der Waals surface area contributed by atoms with E-state index >= 15 is 0 Å². The maximum atomic E-state index is 12.0. The van der Waals surface area contributed by atoms with Gasteiger partial charge in [-0.3, -0.25) is 10.1 Å². The summed E-state index contributed by atoms with van der Waals surface area (Å²) in [5.74, 6) is 0.846. The van der Waals surface area contributed by atoms with Gasteiger partial charge in [-0.2, -0.15) is 0 Å². The number of hydrogen-bond donors (Lipinski definition) is 2. The summed E-state index contributed by atoms with van der Waals surface area (Å²) in [5.41, 5.74) is 5.60. The highest BCUT2D eigenvalue weighted by Gasteiger charge is 2.50. The Balaban J connectivity index is 1.82. The van der Waals surface area contributed by atoms with E-state index in [4.69, 9.17) is 5.73 Å². The molecule has 1 saturated carbocycles. The first-order valence-electron chi connectivity index (χ1n) is 5.63. The second kappa shape index (κ2) is 3.95. The van der Waals surface area contributed by atoms with Crippen LogP contribution in [0.5, 0.6) is 0 Å². The summed E-state index contributed by atoms with van der Waals surface area (Å²) in [6.45, 7) is 0. The lowest BCUT2D eigenvalue weighted by Crippen LogP contribution is -2.50. The van der Waals surface area contributed by atoms with E-state index in [9.17, 15) is 4.79 Å². The first-order valence-corrected chi connectivity index (χ1v) is 7.45. The second-order valence-electron chi connectivity index (χ2n) is 4.59. The fourth-order valence-electron chi connectivity index (χ4n) is 3.04. The molecule has 0 spiro atoms. The van der Waals surface area contributed by atoms with E-state index in [0.29, 0.717) is 21.7 Å². The molecule has 3 aliphatic rings. The van der Waals surface area contributed by atoms with Gasteiger partial charge >= 0.3 is 0 Å². The molecule has 5 heteroatoms. The van der Waals surface area contributed by atoms with Gasteiger partial charge in [0.15, 0.2) is 5.12 Å². The Morgan fingerprint density at radius 3 is 3.00 bits per heavy atom. The fourth-order valence-corrected chi connectivity index (χ4v) is 6.06. The van der Waals surface area contributed by atoms with Gasteiger partial charge in [-0.05, 0) is 18.8 Å². The lowest BCUT2D eigenvalue weighted by Gasteiger charge is -2.32. The van der Waals surface area contributed by atoms with Crippen LogP contribution in [-0.4, -0.2) is 21.2 Å². The standard InChI is InChI=1S/C10H16N2OS2/c11-10-12-8-7(9(13)15-10)5-3-1-2-4-6(5)14-8/h5-8,10,12H,1-4,11H2. The smallest absolute Gasteiger partial charge is 0.197 e. The van der Waals surface area contributed by atoms with Crippen LogP contribution in [0.3, 0.4) is 0 Å². The molecule has 3 nitrogen and oxygen atoms in total. The Morgan fingerprint density at radius 1 is 1.33 bits per heavy atom. The SMILES string of the molecule is NC1NC2SC3CCCCC3C2C(=O)S1. The minimum Gasteiger partial charge on any atom is -0.307 e. The molecule has 0 bridgehead atoms. The van der Waals surface area contributed by atoms with Gasteiger partial charge in [0.2, 0.25) is 0 Å². The second-order valence-corrected chi connectivity index (χ2v) is 7.12. The Hall–Kier alpha value is 0.290. The molecule has 0 aromatic rings. The predicted octanol–water partition coefficient (Wildman–Crippen LogP) is 1.34. The van der Waals surface area contributed by atoms with Crippen molar-refractivity contribution in [3.63, 3.8) is 0 Å². The van der Waals surface area contributed by atoms with Gasteiger partial charge in [-0.25, -0.2) is 0 Å². The molecule has 1 aliphatic carbocycles. The van der Waals surface area contributed by atoms with Crippen molar-refractivity contribution in [1.82, 2.24) is 5.32 Å². The fraction of sp³-hybridized carbons (Fsp3) is 0.900. The molecule has 2 saturated heterocycles. The predicted molar refractivity (Wildman–Crippen MR) is 64.3 cm³/mol. The maximum absolute atomic E-state index is 12.0. The Kier molecular flexibility index (Phi) is 2.75. The van der Waals surface area contributed by atoms with Crippen molar-refractivity contribution in [3.05, 3.63) is 0 Å². The summed E-state index contributed by atoms with van der Waals surface area (Å²) < 4.78 is 0. The molecule has 0 radical (unpaired) electrons. The average molecular weight is 244 g/mol. The van der Waals surface area contributed by atoms with Crippen molar-refractivity contribution < 1.29 is 4.79 Å². The van der Waals surface area contributed by atoms with Crippen LogP contribution in [0.1, 0.15) is 25.7 Å². The van der Waals surface area contributed by atoms with E-state index in [1.807, 2.05) is 11.8 Å². The van der Waals surface area contributed by atoms with E-state index in [0.717, 1.165) is 0 Å². The largest absolute Gasteiger partial charge is 0.307 e. The summed E-state index contributed by atoms with van der Waals surface area (Å²) >= 11 is 3.25. The van der Waals surface area contributed by atoms with Gasteiger partial charge in [0.1, 0.15) is 5.50 Å². The highest BCUT2D eigenvalue weighted by Crippen LogP contribution is 2.51. The number of rotatable bonds is 0. The van der Waals surface area contributed by atoms with Gasteiger partial charge in [0, 0.05) is 5.25 Å². The van der Waals surface area contributed by atoms with Crippen LogP contribution in [0.4, 0.5) is 0 Å². The normalized spacial score (nSPS) is 49.9. The van der Waals surface area contributed by atoms with Crippen molar-refractivity contribution >= 4 is 28.6 Å². The monoisotopic (exact) mass is 244 g/mol. The van der Waals surface area contributed by atoms with Crippen molar-refractivity contribution in [3.8, 4) is 0 Å². The molecule has 5 atom stereocenters. The molecule has 5 unspecified atom stereocenters. The van der Waals surface area contributed by atoms with Gasteiger partial charge < -0.3 is 5.73 Å². The summed E-state index contributed by atoms with van der Waals surface area (Å²) in [5, 5.41) is 4.67. The van der Waals surface area contributed by atoms with Gasteiger partial charge in [0.05, 0.1) is 11.3 Å². The highest BCUT2D eigenvalue weighted by molar-refractivity contribution is 8.14. The van der Waals surface area contributed by atoms with Crippen LogP contribution < -0.4 is 11.1 Å². The van der Waals surface area contributed by atoms with Gasteiger partial charge in [-0.15, -0.1) is 11.8 Å². The molecule has 3 N–H and O–H groups in total. The van der Waals surface area contributed by atoms with E-state index in [2.05, 4.69) is 5.32 Å². The topological polar surface area (TPSA) is 55.1 Å². The maximum Gasteiger partial charge on any atom is 0.197 e. The number of thioether (sulfide) groups is 2. The number of nitrogens with one attached hydrogen (secondary N) is 1. The zero-order valence-corrected chi connectivity index (χ0v) is 10.2. The molecular weight excluding hydrogens is 228 g/mol. The van der Waals surface area contributed by atoms with Crippen LogP contribution in [0, 0.1) is 11.8 Å². The number of hydrogen-bond acceptors (Lipinski definition) is 5. The third-order valence-corrected chi connectivity index (χ3v) is 6.26. The van der Waals surface area contributed by atoms with Crippen molar-refractivity contribution in [2.24, 2.45) is 17.6 Å². The Labute approximate surface area is 98.3 Å². The van der Waals surface area contributed by atoms with Gasteiger partial charge in [0.25, 0.3) is 0 Å². The van der Waals surface area contributed by atoms with Crippen LogP contribution in [-0.2, 0) is 4.79 Å². The van der Waals surface area contributed by atoms with Crippen molar-refractivity contribution in [2.45, 2.75) is 41.8 Å². The number of nitrogens with two attached hydrogens (primary N) is 1. The van der Waals surface area contributed by atoms with Crippen molar-refractivity contribution in [2.75, 3.05) is 0 Å². The summed E-state index contributed by atoms with van der Waals surface area (Å²) in [6, 6.07) is 0. The van der Waals surface area contributed by atoms with Gasteiger partial charge in [-0.1, -0.05) is 24.6 Å². The number of carbonyl (C=O) groups is 1. The third-order valence-electron chi connectivity index (χ3n) is 3.71. The minimum atomic E-state index is -0.189. The lowest BCUT2D eigenvalue weighted by molar-refractivity contribution is -0.116. The van der Waals surface area contributed by atoms with Crippen LogP contribution >= 0.6 is 23.5 Å². The zero-order chi connectivity index (χ0) is 10.4. The molecule has 15 heavy (non-hydrogen) atoms. The first kappa shape index (κ1) is 10.4. The lowest BCUT2D eigenvalue weighted by atomic mass is 9.80. The quantitative estimate of drug-likeness (QED) is 0.673. The summed E-state index contributed by atoms with van der Waals surface area (Å²) in [4.78, 5) is 12.0. The van der Waals surface area contributed by atoms with Crippen LogP contribution in [0.15, 0.2) is 0 Å². The average Bonchev–Trinajstić information content (AvgIpc) is 2.54. The third kappa shape index (κ3) is 1.73. The van der Waals surface area contributed by atoms with E-state index in [1.165, 1.54) is 37.4 Å². The molecule has 84 valence electrons. The van der Waals surface area contributed by atoms with E-state index in [1.54, 1.807) is 0 Å². The molecule has 0 amide bonds. The van der Waals surface area contributed by atoms with Crippen LogP contribution in [0.25, 0.3) is 0 Å². The Bertz CT molecular complexity index is 287. The molecule has 0 aromatic heterocycles. The molecule has 2 heterocycles. The number of carbonyl (C=O) groups excluding carboxylic acids is 1. The Morgan fingerprint density at radius 2 is 2.13 bits per heavy atom. The number of fused-ring (bicyclic) bond motifs is 3. The van der Waals surface area contributed by atoms with E-state index < -0.39 is 0 Å². The molecule has 2 aliphatic heterocycles. The van der Waals surface area contributed by atoms with E-state index in [-0.39, 0.29) is 11.4 Å². The van der Waals surface area contributed by atoms with Crippen molar-refractivity contribution in [1.29, 1.82) is 0 Å². The summed E-state index contributed by atoms with van der Waals surface area (Å²) in [6.07, 6.45) is 5.16. The first-order chi connectivity index (χ1) is 7.25. The molecular formula is C10H16N2OS2. The van der Waals surface area contributed by atoms with Crippen LogP contribution in [0.2, 0.25) is 0 Å².